The Morgan fingerprint density at radius 2 is 0.620 bits per heavy atom. The van der Waals surface area contributed by atoms with Crippen molar-refractivity contribution in [1.29, 1.82) is 0 Å². The van der Waals surface area contributed by atoms with E-state index >= 15 is 0 Å². The summed E-state index contributed by atoms with van der Waals surface area (Å²) in [5.41, 5.74) is 17.7. The van der Waals surface area contributed by atoms with Gasteiger partial charge >= 0.3 is 0 Å². The second-order valence-corrected chi connectivity index (χ2v) is 35.4. The first-order chi connectivity index (χ1) is 42.4. The second kappa shape index (κ2) is 23.5. The van der Waals surface area contributed by atoms with Gasteiger partial charge in [-0.15, -0.1) is 0 Å². The standard InChI is InChI=1S/C86H108N2O4/c1-52-26-36-75(65(38-52)67-44-59(85(22,23)50-79(4,5)6)46-73(77(67)89)87-69-32-28-55(81(10,11)12)40-61(69)62-41-56(82(13,14)15)29-33-70(62)87)91-48-54(3)49-92-76-37-27-53(2)39-66(76)68-45-60(86(24,25)51-80(7,8)9)47-74(78(68)90)88-71-34-30-57(83(16,17)18)42-63(71)64-43-58(84(19,20)21)31-35-72(64)88/h26-47,54,89-90H,48-51H2,1-25H3. The van der Waals surface area contributed by atoms with Gasteiger partial charge in [-0.25, -0.2) is 0 Å². The molecule has 6 heteroatoms. The molecule has 6 nitrogen and oxygen atoms in total. The Bertz CT molecular complexity index is 4030. The van der Waals surface area contributed by atoms with Crippen molar-refractivity contribution in [3.05, 3.63) is 178 Å². The van der Waals surface area contributed by atoms with Crippen LogP contribution in [0.1, 0.15) is 217 Å². The van der Waals surface area contributed by atoms with Gasteiger partial charge in [0, 0.05) is 49.7 Å². The van der Waals surface area contributed by atoms with Gasteiger partial charge < -0.3 is 28.8 Å². The smallest absolute Gasteiger partial charge is 0.147 e. The van der Waals surface area contributed by atoms with Crippen LogP contribution >= 0.6 is 0 Å². The first-order valence-corrected chi connectivity index (χ1v) is 33.8. The zero-order valence-corrected chi connectivity index (χ0v) is 60.7. The molecule has 0 fully saturated rings. The lowest BCUT2D eigenvalue weighted by atomic mass is 9.71. The van der Waals surface area contributed by atoms with Crippen molar-refractivity contribution in [3.8, 4) is 56.6 Å². The molecule has 0 bridgehead atoms. The number of fused-ring (bicyclic) bond motifs is 6. The Hall–Kier alpha value is -7.44. The number of ether oxygens (including phenoxy) is 2. The SMILES string of the molecule is Cc1ccc(OCC(C)COc2ccc(C)cc2-c2cc(C(C)(C)CC(C)(C)C)cc(-n3c4ccc(C(C)(C)C)cc4c4cc(C(C)(C)C)ccc43)c2O)c(-c2cc(C(C)(C)CC(C)(C)C)cc(-n3c4ccc(C(C)(C)C)cc4c4cc(C(C)(C)C)ccc43)c2O)c1. The topological polar surface area (TPSA) is 68.8 Å². The first-order valence-electron chi connectivity index (χ1n) is 33.8. The van der Waals surface area contributed by atoms with Crippen LogP contribution in [-0.4, -0.2) is 32.6 Å². The van der Waals surface area contributed by atoms with E-state index in [0.717, 1.165) is 90.8 Å². The van der Waals surface area contributed by atoms with E-state index in [1.165, 1.54) is 43.8 Å². The molecule has 10 aromatic rings. The Kier molecular flexibility index (Phi) is 17.3. The first kappa shape index (κ1) is 67.4. The molecule has 0 aliphatic rings. The monoisotopic (exact) mass is 1230 g/mol. The van der Waals surface area contributed by atoms with Crippen molar-refractivity contribution < 1.29 is 19.7 Å². The van der Waals surface area contributed by atoms with Crippen molar-refractivity contribution >= 4 is 43.6 Å². The second-order valence-electron chi connectivity index (χ2n) is 35.4. The number of aryl methyl sites for hydroxylation is 2. The predicted octanol–water partition coefficient (Wildman–Crippen LogP) is 24.0. The number of phenolic OH excluding ortho intramolecular Hbond substituents is 2. The molecule has 0 atom stereocenters. The zero-order valence-electron chi connectivity index (χ0n) is 60.7. The van der Waals surface area contributed by atoms with E-state index in [1.54, 1.807) is 0 Å². The van der Waals surface area contributed by atoms with Gasteiger partial charge in [-0.3, -0.25) is 0 Å². The summed E-state index contributed by atoms with van der Waals surface area (Å²) < 4.78 is 18.6. The maximum atomic E-state index is 13.2. The van der Waals surface area contributed by atoms with Crippen LogP contribution < -0.4 is 9.47 Å². The molecule has 2 aromatic heterocycles. The van der Waals surface area contributed by atoms with Gasteiger partial charge in [-0.2, -0.15) is 0 Å². The summed E-state index contributed by atoms with van der Waals surface area (Å²) in [6.07, 6.45) is 1.86. The minimum atomic E-state index is -0.265. The van der Waals surface area contributed by atoms with Crippen LogP contribution in [-0.2, 0) is 32.5 Å². The maximum absolute atomic E-state index is 13.2. The van der Waals surface area contributed by atoms with E-state index < -0.39 is 0 Å². The fourth-order valence-corrected chi connectivity index (χ4v) is 14.5. The van der Waals surface area contributed by atoms with Crippen molar-refractivity contribution in [2.45, 2.75) is 218 Å². The molecule has 486 valence electrons. The number of benzene rings is 8. The molecule has 0 spiro atoms. The third-order valence-electron chi connectivity index (χ3n) is 19.1. The van der Waals surface area contributed by atoms with E-state index in [2.05, 4.69) is 316 Å². The molecule has 0 saturated heterocycles. The highest BCUT2D eigenvalue weighted by molar-refractivity contribution is 6.11. The highest BCUT2D eigenvalue weighted by atomic mass is 16.5. The molecule has 0 saturated carbocycles. The van der Waals surface area contributed by atoms with Crippen LogP contribution in [0.25, 0.3) is 77.2 Å². The molecular formula is C86H108N2O4. The molecule has 92 heavy (non-hydrogen) atoms. The fourth-order valence-electron chi connectivity index (χ4n) is 14.5. The molecule has 2 N–H and O–H groups in total. The number of hydrogen-bond acceptors (Lipinski definition) is 4. The largest absolute Gasteiger partial charge is 0.505 e. The average Bonchev–Trinajstić information content (AvgIpc) is 1.54. The zero-order chi connectivity index (χ0) is 67.5. The quantitative estimate of drug-likeness (QED) is 0.114. The fraction of sp³-hybridized carbons (Fsp3) is 0.442. The summed E-state index contributed by atoms with van der Waals surface area (Å²) in [5, 5.41) is 31.1. The van der Waals surface area contributed by atoms with Gasteiger partial charge in [0.2, 0.25) is 0 Å². The van der Waals surface area contributed by atoms with E-state index in [4.69, 9.17) is 9.47 Å². The molecule has 2 heterocycles. The minimum Gasteiger partial charge on any atom is -0.505 e. The number of aromatic nitrogens is 2. The van der Waals surface area contributed by atoms with E-state index in [0.29, 0.717) is 24.7 Å². The molecule has 10 rings (SSSR count). The van der Waals surface area contributed by atoms with Gasteiger partial charge in [0.15, 0.2) is 0 Å². The molecule has 0 unspecified atom stereocenters. The normalized spacial score (nSPS) is 13.4. The van der Waals surface area contributed by atoms with Crippen LogP contribution in [0, 0.1) is 30.6 Å². The van der Waals surface area contributed by atoms with Crippen LogP contribution in [0.2, 0.25) is 0 Å². The van der Waals surface area contributed by atoms with Crippen molar-refractivity contribution in [2.24, 2.45) is 16.7 Å². The Morgan fingerprint density at radius 3 is 0.880 bits per heavy atom. The molecule has 0 amide bonds. The summed E-state index contributed by atoms with van der Waals surface area (Å²) in [6, 6.07) is 49.1. The third kappa shape index (κ3) is 13.7. The summed E-state index contributed by atoms with van der Waals surface area (Å²) in [7, 11) is 0. The number of nitrogens with zero attached hydrogens (tertiary/aromatic N) is 2. The Balaban J connectivity index is 1.05. The summed E-state index contributed by atoms with van der Waals surface area (Å²) in [6.45, 7) is 57.6. The lowest BCUT2D eigenvalue weighted by molar-refractivity contribution is 0.189. The molecular weight excluding hydrogens is 1120 g/mol. The van der Waals surface area contributed by atoms with Gasteiger partial charge in [-0.05, 0) is 200 Å². The number of aromatic hydroxyl groups is 2. The summed E-state index contributed by atoms with van der Waals surface area (Å²) in [5.74, 6) is 1.73. The van der Waals surface area contributed by atoms with Gasteiger partial charge in [0.1, 0.15) is 23.0 Å². The van der Waals surface area contributed by atoms with Crippen LogP contribution in [0.5, 0.6) is 23.0 Å². The predicted molar refractivity (Wildman–Crippen MR) is 394 cm³/mol. The summed E-state index contributed by atoms with van der Waals surface area (Å²) in [4.78, 5) is 0. The van der Waals surface area contributed by atoms with Crippen molar-refractivity contribution in [3.63, 3.8) is 0 Å². The number of hydrogen-bond donors (Lipinski definition) is 2. The highest BCUT2D eigenvalue weighted by Gasteiger charge is 2.34. The minimum absolute atomic E-state index is 0.0360. The van der Waals surface area contributed by atoms with Gasteiger partial charge in [-0.1, -0.05) is 207 Å². The summed E-state index contributed by atoms with van der Waals surface area (Å²) >= 11 is 0. The van der Waals surface area contributed by atoms with Crippen LogP contribution in [0.3, 0.4) is 0 Å². The highest BCUT2D eigenvalue weighted by Crippen LogP contribution is 2.51. The lowest BCUT2D eigenvalue weighted by Crippen LogP contribution is -2.25. The Morgan fingerprint density at radius 1 is 0.337 bits per heavy atom. The lowest BCUT2D eigenvalue weighted by Gasteiger charge is -2.34. The van der Waals surface area contributed by atoms with Crippen LogP contribution in [0.4, 0.5) is 0 Å². The van der Waals surface area contributed by atoms with E-state index in [-0.39, 0.29) is 60.7 Å². The van der Waals surface area contributed by atoms with E-state index in [9.17, 15) is 10.2 Å². The molecule has 0 radical (unpaired) electrons. The van der Waals surface area contributed by atoms with Crippen LogP contribution in [0.15, 0.2) is 133 Å². The third-order valence-corrected chi connectivity index (χ3v) is 19.1. The molecule has 8 aromatic carbocycles. The van der Waals surface area contributed by atoms with Crippen molar-refractivity contribution in [1.82, 2.24) is 9.13 Å². The van der Waals surface area contributed by atoms with Gasteiger partial charge in [0.05, 0.1) is 46.7 Å². The number of rotatable bonds is 14. The molecule has 0 aliphatic carbocycles. The number of phenols is 2. The Labute approximate surface area is 552 Å². The average molecular weight is 1230 g/mol. The molecule has 0 aliphatic heterocycles. The van der Waals surface area contributed by atoms with E-state index in [1.807, 2.05) is 0 Å². The maximum Gasteiger partial charge on any atom is 0.147 e. The van der Waals surface area contributed by atoms with Gasteiger partial charge in [0.25, 0.3) is 0 Å². The van der Waals surface area contributed by atoms with Crippen molar-refractivity contribution in [2.75, 3.05) is 13.2 Å².